The average molecular weight is 883 g/mol. The second kappa shape index (κ2) is 15.3. The molecular weight excluding hydrogens is 841 g/mol. The molecule has 0 fully saturated rings. The van der Waals surface area contributed by atoms with Gasteiger partial charge in [-0.25, -0.2) is 0 Å². The van der Waals surface area contributed by atoms with Crippen molar-refractivity contribution in [3.8, 4) is 27.9 Å². The quantitative estimate of drug-likeness (QED) is 0.155. The molecule has 2 heterocycles. The van der Waals surface area contributed by atoms with Crippen molar-refractivity contribution in [1.29, 1.82) is 0 Å². The Kier molecular flexibility index (Phi) is 8.71. The Bertz CT molecular complexity index is 3980. The number of benzene rings is 11. The zero-order chi connectivity index (χ0) is 44.8. The Morgan fingerprint density at radius 1 is 0.338 bits per heavy atom. The normalized spacial score (nSPS) is 12.8. The van der Waals surface area contributed by atoms with Crippen LogP contribution in [0.4, 0.5) is 17.1 Å². The fraction of sp³-hybridized carbons (Fsp3) is 0.0154. The summed E-state index contributed by atoms with van der Waals surface area (Å²) in [6.07, 6.45) is 0. The lowest BCUT2D eigenvalue weighted by Crippen LogP contribution is -2.28. The Morgan fingerprint density at radius 2 is 0.868 bits per heavy atom. The number of fused-ring (bicyclic) bond motifs is 11. The molecule has 68 heavy (non-hydrogen) atoms. The van der Waals surface area contributed by atoms with Crippen LogP contribution in [0.3, 0.4) is 0 Å². The van der Waals surface area contributed by atoms with E-state index >= 15 is 0 Å². The minimum atomic E-state index is -0.519. The van der Waals surface area contributed by atoms with Crippen LogP contribution in [0.15, 0.2) is 255 Å². The van der Waals surface area contributed by atoms with E-state index < -0.39 is 5.41 Å². The molecule has 0 spiro atoms. The summed E-state index contributed by atoms with van der Waals surface area (Å²) in [5.41, 5.74) is 16.4. The van der Waals surface area contributed by atoms with Crippen LogP contribution in [0.25, 0.3) is 80.7 Å². The maximum atomic E-state index is 2.46. The predicted molar refractivity (Wildman–Crippen MR) is 289 cm³/mol. The van der Waals surface area contributed by atoms with Gasteiger partial charge in [-0.15, -0.1) is 11.3 Å². The van der Waals surface area contributed by atoms with Gasteiger partial charge < -0.3 is 9.47 Å². The Hall–Kier alpha value is -8.50. The highest BCUT2D eigenvalue weighted by molar-refractivity contribution is 7.27. The third kappa shape index (κ3) is 5.70. The molecule has 0 bridgehead atoms. The van der Waals surface area contributed by atoms with E-state index in [1.165, 1.54) is 97.3 Å². The summed E-state index contributed by atoms with van der Waals surface area (Å²) >= 11 is 1.91. The highest BCUT2D eigenvalue weighted by Crippen LogP contribution is 2.57. The maximum absolute atomic E-state index is 2.46. The van der Waals surface area contributed by atoms with Crippen molar-refractivity contribution in [1.82, 2.24) is 4.57 Å². The smallest absolute Gasteiger partial charge is 0.0714 e. The van der Waals surface area contributed by atoms with Gasteiger partial charge in [0.25, 0.3) is 0 Å². The number of nitrogens with zero attached hydrogens (tertiary/aromatic N) is 2. The van der Waals surface area contributed by atoms with E-state index in [1.54, 1.807) is 0 Å². The van der Waals surface area contributed by atoms with Crippen molar-refractivity contribution in [2.45, 2.75) is 5.41 Å². The number of para-hydroxylation sites is 2. The van der Waals surface area contributed by atoms with Crippen LogP contribution in [-0.2, 0) is 5.41 Å². The second-order valence-corrected chi connectivity index (χ2v) is 19.0. The minimum absolute atomic E-state index is 0.519. The molecule has 2 nitrogen and oxygen atoms in total. The van der Waals surface area contributed by atoms with Gasteiger partial charge in [0.1, 0.15) is 0 Å². The zero-order valence-electron chi connectivity index (χ0n) is 37.1. The summed E-state index contributed by atoms with van der Waals surface area (Å²) in [6.45, 7) is 0. The summed E-state index contributed by atoms with van der Waals surface area (Å²) in [6, 6.07) is 94.2. The van der Waals surface area contributed by atoms with Gasteiger partial charge in [-0.2, -0.15) is 0 Å². The summed E-state index contributed by atoms with van der Waals surface area (Å²) in [7, 11) is 0. The van der Waals surface area contributed by atoms with Crippen LogP contribution in [0.2, 0.25) is 0 Å². The summed E-state index contributed by atoms with van der Waals surface area (Å²) in [5.74, 6) is 0. The molecule has 0 aliphatic heterocycles. The first-order valence-electron chi connectivity index (χ1n) is 23.4. The van der Waals surface area contributed by atoms with Gasteiger partial charge in [-0.3, -0.25) is 0 Å². The molecule has 0 radical (unpaired) electrons. The molecule has 0 N–H and O–H groups in total. The lowest BCUT2D eigenvalue weighted by molar-refractivity contribution is 0.768. The van der Waals surface area contributed by atoms with Gasteiger partial charge in [0.2, 0.25) is 0 Å². The first-order chi connectivity index (χ1) is 33.7. The monoisotopic (exact) mass is 882 g/mol. The molecular formula is C65H42N2S. The summed E-state index contributed by atoms with van der Waals surface area (Å²) < 4.78 is 5.06. The molecule has 0 saturated heterocycles. The molecule has 0 amide bonds. The van der Waals surface area contributed by atoms with Crippen molar-refractivity contribution in [3.63, 3.8) is 0 Å². The van der Waals surface area contributed by atoms with E-state index in [0.29, 0.717) is 0 Å². The van der Waals surface area contributed by atoms with Gasteiger partial charge in [0, 0.05) is 53.7 Å². The SMILES string of the molecule is c1ccc(C2(c3ccccc3)c3ccccc3-c3ccc(N(c4ccc(-c5cccc6c5sc5c7ccccc7ccc65)cc4)c4ccc(-n5c6ccccc6c6ccccc65)cc4)cc32)cc1. The van der Waals surface area contributed by atoms with Crippen LogP contribution < -0.4 is 4.90 Å². The highest BCUT2D eigenvalue weighted by atomic mass is 32.1. The third-order valence-corrected chi connectivity index (χ3v) is 15.8. The Labute approximate surface area is 398 Å². The second-order valence-electron chi connectivity index (χ2n) is 18.0. The number of rotatable bonds is 7. The fourth-order valence-electron chi connectivity index (χ4n) is 11.5. The minimum Gasteiger partial charge on any atom is -0.310 e. The van der Waals surface area contributed by atoms with Gasteiger partial charge in [0.05, 0.1) is 16.4 Å². The predicted octanol–water partition coefficient (Wildman–Crippen LogP) is 17.8. The number of hydrogen-bond acceptors (Lipinski definition) is 2. The van der Waals surface area contributed by atoms with Crippen LogP contribution in [0, 0.1) is 0 Å². The van der Waals surface area contributed by atoms with E-state index in [-0.39, 0.29) is 0 Å². The lowest BCUT2D eigenvalue weighted by atomic mass is 9.67. The molecule has 11 aromatic carbocycles. The standard InChI is InChI=1S/C65H42N2S/c1-3-17-45(18-4-1)65(46-19-5-2-6-20-46)59-27-12-9-22-53(59)54-41-39-50(42-60(54)65)66(48-35-37-49(38-36-48)67-61-28-13-10-23-55(61)56-24-11-14-29-62(56)67)47-33-30-44(31-34-47)52-25-15-26-57-58-40-32-43-16-7-8-21-51(43)64(58)68-63(52)57/h1-42H. The molecule has 3 heteroatoms. The van der Waals surface area contributed by atoms with Crippen LogP contribution >= 0.6 is 11.3 Å². The van der Waals surface area contributed by atoms with E-state index in [9.17, 15) is 0 Å². The lowest BCUT2D eigenvalue weighted by Gasteiger charge is -2.35. The molecule has 13 aromatic rings. The molecule has 318 valence electrons. The highest BCUT2D eigenvalue weighted by Gasteiger charge is 2.46. The van der Waals surface area contributed by atoms with Gasteiger partial charge in [-0.05, 0) is 116 Å². The van der Waals surface area contributed by atoms with E-state index in [2.05, 4.69) is 264 Å². The molecule has 1 aliphatic rings. The van der Waals surface area contributed by atoms with Crippen molar-refractivity contribution < 1.29 is 0 Å². The molecule has 0 unspecified atom stereocenters. The Morgan fingerprint density at radius 3 is 1.57 bits per heavy atom. The van der Waals surface area contributed by atoms with Crippen molar-refractivity contribution in [3.05, 3.63) is 277 Å². The molecule has 14 rings (SSSR count). The summed E-state index contributed by atoms with van der Waals surface area (Å²) in [4.78, 5) is 2.44. The number of hydrogen-bond donors (Lipinski definition) is 0. The molecule has 1 aliphatic carbocycles. The zero-order valence-corrected chi connectivity index (χ0v) is 37.9. The average Bonchev–Trinajstić information content (AvgIpc) is 4.07. The fourth-order valence-corrected chi connectivity index (χ4v) is 12.9. The van der Waals surface area contributed by atoms with E-state index in [0.717, 1.165) is 22.7 Å². The van der Waals surface area contributed by atoms with Gasteiger partial charge in [0.15, 0.2) is 0 Å². The van der Waals surface area contributed by atoms with E-state index in [4.69, 9.17) is 0 Å². The largest absolute Gasteiger partial charge is 0.310 e. The van der Waals surface area contributed by atoms with Crippen LogP contribution in [0.5, 0.6) is 0 Å². The van der Waals surface area contributed by atoms with Gasteiger partial charge in [-0.1, -0.05) is 194 Å². The van der Waals surface area contributed by atoms with Crippen molar-refractivity contribution >= 4 is 81.1 Å². The molecule has 0 saturated carbocycles. The van der Waals surface area contributed by atoms with Crippen LogP contribution in [0.1, 0.15) is 22.3 Å². The number of aromatic nitrogens is 1. The molecule has 2 aromatic heterocycles. The topological polar surface area (TPSA) is 8.17 Å². The summed E-state index contributed by atoms with van der Waals surface area (Å²) in [5, 5.41) is 7.73. The molecule has 0 atom stereocenters. The number of thiophene rings is 1. The van der Waals surface area contributed by atoms with Gasteiger partial charge >= 0.3 is 0 Å². The first kappa shape index (κ1) is 38.7. The Balaban J connectivity index is 0.957. The van der Waals surface area contributed by atoms with Crippen LogP contribution in [-0.4, -0.2) is 4.57 Å². The first-order valence-corrected chi connectivity index (χ1v) is 24.2. The van der Waals surface area contributed by atoms with Crippen molar-refractivity contribution in [2.75, 3.05) is 4.90 Å². The third-order valence-electron chi connectivity index (χ3n) is 14.5. The number of anilines is 3. The van der Waals surface area contributed by atoms with Crippen molar-refractivity contribution in [2.24, 2.45) is 0 Å². The van der Waals surface area contributed by atoms with E-state index in [1.807, 2.05) is 11.3 Å². The maximum Gasteiger partial charge on any atom is 0.0714 e.